The Kier molecular flexibility index (Phi) is 3.69. The summed E-state index contributed by atoms with van der Waals surface area (Å²) in [5.41, 5.74) is 2.64. The van der Waals surface area contributed by atoms with Crippen molar-refractivity contribution in [3.8, 4) is 22.3 Å². The molecular weight excluding hydrogens is 569 g/mol. The molecule has 0 bridgehead atoms. The molecule has 0 unspecified atom stereocenters. The maximum absolute atomic E-state index is 9.58. The van der Waals surface area contributed by atoms with E-state index in [-0.39, 0.29) is 55.4 Å². The molecule has 1 heterocycles. The highest BCUT2D eigenvalue weighted by Crippen LogP contribution is 2.38. The Hall–Kier alpha value is -5.92. The van der Waals surface area contributed by atoms with E-state index < -0.39 is 110 Å². The summed E-state index contributed by atoms with van der Waals surface area (Å²) in [5, 5.41) is 0.428. The first-order valence-electron chi connectivity index (χ1n) is 23.5. The van der Waals surface area contributed by atoms with Gasteiger partial charge in [0.1, 0.15) is 11.2 Å². The van der Waals surface area contributed by atoms with Crippen LogP contribution in [0.3, 0.4) is 0 Å². The van der Waals surface area contributed by atoms with Crippen molar-refractivity contribution in [2.75, 3.05) is 0 Å². The molecule has 9 aromatic rings. The molecule has 47 heavy (non-hydrogen) atoms. The predicted molar refractivity (Wildman–Crippen MR) is 198 cm³/mol. The van der Waals surface area contributed by atoms with Crippen molar-refractivity contribution in [2.24, 2.45) is 0 Å². The summed E-state index contributed by atoms with van der Waals surface area (Å²) in [6, 6.07) is 10.1. The van der Waals surface area contributed by atoms with E-state index in [0.29, 0.717) is 22.1 Å². The van der Waals surface area contributed by atoms with Crippen LogP contribution in [0.1, 0.15) is 45.6 Å². The van der Waals surface area contributed by atoms with E-state index >= 15 is 0 Å². The summed E-state index contributed by atoms with van der Waals surface area (Å²) in [5.74, 6) is 0. The van der Waals surface area contributed by atoms with Crippen LogP contribution in [0, 0.1) is 0 Å². The predicted octanol–water partition coefficient (Wildman–Crippen LogP) is 12.4. The second-order valence-electron chi connectivity index (χ2n) is 11.2. The molecule has 0 saturated carbocycles. The van der Waals surface area contributed by atoms with Gasteiger partial charge in [0.15, 0.2) is 0 Å². The van der Waals surface area contributed by atoms with E-state index in [0.717, 1.165) is 16.5 Å². The van der Waals surface area contributed by atoms with Gasteiger partial charge in [-0.2, -0.15) is 0 Å². The zero-order valence-corrected chi connectivity index (χ0v) is 24.7. The van der Waals surface area contributed by atoms with Gasteiger partial charge < -0.3 is 4.42 Å². The lowest BCUT2D eigenvalue weighted by Crippen LogP contribution is -1.98. The Morgan fingerprint density at radius 1 is 0.404 bits per heavy atom. The molecule has 0 aliphatic carbocycles. The van der Waals surface area contributed by atoms with Gasteiger partial charge in [-0.1, -0.05) is 145 Å². The highest BCUT2D eigenvalue weighted by Gasteiger charge is 2.15. The summed E-state index contributed by atoms with van der Waals surface area (Å²) < 4.78 is 157. The molecule has 9 rings (SSSR count). The van der Waals surface area contributed by atoms with Crippen molar-refractivity contribution in [1.82, 2.24) is 0 Å². The number of benzene rings is 8. The minimum Gasteiger partial charge on any atom is -0.456 e. The van der Waals surface area contributed by atoms with E-state index in [9.17, 15) is 6.85 Å². The van der Waals surface area contributed by atoms with Crippen LogP contribution in [-0.4, -0.2) is 0 Å². The Balaban J connectivity index is 1.32. The first kappa shape index (κ1) is 15.1. The van der Waals surface area contributed by atoms with Gasteiger partial charge in [-0.3, -0.25) is 0 Å². The van der Waals surface area contributed by atoms with Crippen molar-refractivity contribution in [3.63, 3.8) is 0 Å². The maximum Gasteiger partial charge on any atom is 0.136 e. The Morgan fingerprint density at radius 2 is 1.00 bits per heavy atom. The molecule has 1 nitrogen and oxygen atoms in total. The molecule has 0 spiro atoms. The Bertz CT molecular complexity index is 3420. The fourth-order valence-electron chi connectivity index (χ4n) is 6.21. The van der Waals surface area contributed by atoms with Gasteiger partial charge in [0.05, 0.1) is 23.3 Å². The van der Waals surface area contributed by atoms with Crippen LogP contribution in [0.2, 0.25) is 0 Å². The maximum atomic E-state index is 9.58. The van der Waals surface area contributed by atoms with Gasteiger partial charge in [0, 0.05) is 10.8 Å². The molecular formula is C46H32O. The molecule has 1 heteroatoms. The molecule has 8 aromatic carbocycles. The van der Waals surface area contributed by atoms with E-state index in [1.54, 1.807) is 18.2 Å². The lowest BCUT2D eigenvalue weighted by atomic mass is 9.86. The molecule has 0 aliphatic heterocycles. The molecule has 0 aliphatic rings. The van der Waals surface area contributed by atoms with Gasteiger partial charge >= 0.3 is 0 Å². The first-order valence-corrected chi connectivity index (χ1v) is 15.0. The zero-order valence-electron chi connectivity index (χ0n) is 41.7. The lowest BCUT2D eigenvalue weighted by Gasteiger charge is -2.17. The van der Waals surface area contributed by atoms with Gasteiger partial charge in [0.25, 0.3) is 0 Å². The Labute approximate surface area is 298 Å². The molecule has 222 valence electrons. The van der Waals surface area contributed by atoms with Gasteiger partial charge in [0.2, 0.25) is 0 Å². The van der Waals surface area contributed by atoms with Crippen LogP contribution in [0.25, 0.3) is 65.7 Å². The molecule has 0 radical (unpaired) electrons. The SMILES string of the molecule is [2H]c1c([2H])c([2H])c(Cc2c3c([2H])c([2H])c([2H])c([2H])c3c(Cc3c([2H])c([2H])c([2H])c(-c4ccc5oc6cc(-c7ccccc7)ccc6c5c4)c3[2H])c3c([2H])c([2H])c([2H])c([2H])c23)c([2H])c1[2H]. The highest BCUT2D eigenvalue weighted by atomic mass is 16.3. The molecule has 0 amide bonds. The number of hydrogen-bond donors (Lipinski definition) is 0. The largest absolute Gasteiger partial charge is 0.456 e. The minimum atomic E-state index is -0.707. The molecule has 0 N–H and O–H groups in total. The van der Waals surface area contributed by atoms with Crippen LogP contribution >= 0.6 is 0 Å². The van der Waals surface area contributed by atoms with E-state index in [1.165, 1.54) is 0 Å². The normalized spacial score (nSPS) is 16.6. The monoisotopic (exact) mass is 617 g/mol. The van der Waals surface area contributed by atoms with Crippen molar-refractivity contribution in [3.05, 3.63) is 192 Å². The molecule has 0 saturated heterocycles. The smallest absolute Gasteiger partial charge is 0.136 e. The highest BCUT2D eigenvalue weighted by molar-refractivity contribution is 6.08. The lowest BCUT2D eigenvalue weighted by molar-refractivity contribution is 0.669. The third-order valence-corrected chi connectivity index (χ3v) is 8.38. The summed E-state index contributed by atoms with van der Waals surface area (Å²) in [4.78, 5) is 0. The summed E-state index contributed by atoms with van der Waals surface area (Å²) in [6.07, 6.45) is -1.17. The second-order valence-corrected chi connectivity index (χ2v) is 11.2. The number of fused-ring (bicyclic) bond motifs is 5. The van der Waals surface area contributed by atoms with E-state index in [4.69, 9.17) is 20.9 Å². The van der Waals surface area contributed by atoms with Crippen molar-refractivity contribution in [2.45, 2.75) is 12.8 Å². The standard InChI is InChI=1S/C46H32O/c1-3-12-31(13-4-1)27-42-37-18-7-9-20-39(37)43(40-21-10-8-19-38(40)42)28-32-14-11-17-34(26-32)35-23-25-45-44(29-35)41-24-22-36(30-46(41)47-45)33-15-5-2-6-16-33/h1-26,29-30H,27-28H2/i1D,3D,4D,7D,8D,9D,10D,11D,12D,13D,14D,17D,18D,19D,20D,21D,26D. The van der Waals surface area contributed by atoms with Crippen LogP contribution in [-0.2, 0) is 12.8 Å². The van der Waals surface area contributed by atoms with Crippen LogP contribution in [0.4, 0.5) is 0 Å². The van der Waals surface area contributed by atoms with Gasteiger partial charge in [-0.05, 0) is 103 Å². The Morgan fingerprint density at radius 3 is 1.70 bits per heavy atom. The topological polar surface area (TPSA) is 13.1 Å². The number of hydrogen-bond acceptors (Lipinski definition) is 1. The number of rotatable bonds is 6. The minimum absolute atomic E-state index is 0.0246. The van der Waals surface area contributed by atoms with Gasteiger partial charge in [-0.25, -0.2) is 0 Å². The van der Waals surface area contributed by atoms with E-state index in [2.05, 4.69) is 0 Å². The van der Waals surface area contributed by atoms with Gasteiger partial charge in [-0.15, -0.1) is 0 Å². The number of furan rings is 1. The molecule has 1 aromatic heterocycles. The van der Waals surface area contributed by atoms with Crippen LogP contribution < -0.4 is 0 Å². The first-order chi connectivity index (χ1) is 30.3. The fourth-order valence-corrected chi connectivity index (χ4v) is 6.21. The molecule has 0 atom stereocenters. The second kappa shape index (κ2) is 11.5. The van der Waals surface area contributed by atoms with Crippen molar-refractivity contribution in [1.29, 1.82) is 0 Å². The fraction of sp³-hybridized carbons (Fsp3) is 0.0435. The van der Waals surface area contributed by atoms with E-state index in [1.807, 2.05) is 48.5 Å². The summed E-state index contributed by atoms with van der Waals surface area (Å²) in [7, 11) is 0. The average molecular weight is 618 g/mol. The van der Waals surface area contributed by atoms with Crippen molar-refractivity contribution < 1.29 is 27.7 Å². The molecule has 0 fully saturated rings. The summed E-state index contributed by atoms with van der Waals surface area (Å²) in [6.45, 7) is 0. The quantitative estimate of drug-likeness (QED) is 0.169. The third-order valence-electron chi connectivity index (χ3n) is 8.38. The third kappa shape index (κ3) is 4.98. The van der Waals surface area contributed by atoms with Crippen LogP contribution in [0.15, 0.2) is 174 Å². The summed E-state index contributed by atoms with van der Waals surface area (Å²) >= 11 is 0. The average Bonchev–Trinajstić information content (AvgIpc) is 3.66. The zero-order chi connectivity index (χ0) is 46.0. The van der Waals surface area contributed by atoms with Crippen LogP contribution in [0.5, 0.6) is 0 Å². The van der Waals surface area contributed by atoms with Crippen molar-refractivity contribution >= 4 is 43.5 Å².